The SMILES string of the molecule is CN(C)C(=O)c1ccc(CNc2ccc(Cl)c(F)c2)[nH]1. The minimum atomic E-state index is -0.466. The molecule has 0 atom stereocenters. The van der Waals surface area contributed by atoms with Crippen molar-refractivity contribution in [3.8, 4) is 0 Å². The summed E-state index contributed by atoms with van der Waals surface area (Å²) in [4.78, 5) is 16.2. The predicted molar refractivity (Wildman–Crippen MR) is 77.5 cm³/mol. The van der Waals surface area contributed by atoms with Gasteiger partial charge in [0.25, 0.3) is 5.91 Å². The summed E-state index contributed by atoms with van der Waals surface area (Å²) >= 11 is 5.61. The van der Waals surface area contributed by atoms with Gasteiger partial charge in [0, 0.05) is 25.5 Å². The Labute approximate surface area is 121 Å². The summed E-state index contributed by atoms with van der Waals surface area (Å²) in [6, 6.07) is 8.06. The van der Waals surface area contributed by atoms with Crippen molar-refractivity contribution in [1.29, 1.82) is 0 Å². The maximum atomic E-state index is 13.3. The molecular formula is C14H15ClFN3O. The number of anilines is 1. The van der Waals surface area contributed by atoms with Crippen LogP contribution >= 0.6 is 11.6 Å². The number of H-pyrrole nitrogens is 1. The fourth-order valence-electron chi connectivity index (χ4n) is 1.71. The van der Waals surface area contributed by atoms with E-state index >= 15 is 0 Å². The second-order valence-corrected chi connectivity index (χ2v) is 4.99. The van der Waals surface area contributed by atoms with Crippen LogP contribution in [-0.2, 0) is 6.54 Å². The number of carbonyl (C=O) groups is 1. The molecule has 2 N–H and O–H groups in total. The summed E-state index contributed by atoms with van der Waals surface area (Å²) in [5.41, 5.74) is 1.99. The predicted octanol–water partition coefficient (Wildman–Crippen LogP) is 3.12. The van der Waals surface area contributed by atoms with E-state index in [1.807, 2.05) is 6.07 Å². The van der Waals surface area contributed by atoms with Gasteiger partial charge in [-0.15, -0.1) is 0 Å². The molecule has 0 radical (unpaired) electrons. The number of halogens is 2. The number of rotatable bonds is 4. The number of hydrogen-bond donors (Lipinski definition) is 2. The lowest BCUT2D eigenvalue weighted by molar-refractivity contribution is 0.0822. The highest BCUT2D eigenvalue weighted by molar-refractivity contribution is 6.30. The Hall–Kier alpha value is -2.01. The number of benzene rings is 1. The minimum absolute atomic E-state index is 0.0891. The van der Waals surface area contributed by atoms with Crippen LogP contribution in [0.4, 0.5) is 10.1 Å². The van der Waals surface area contributed by atoms with E-state index in [1.165, 1.54) is 17.0 Å². The number of aromatic amines is 1. The number of amides is 1. The highest BCUT2D eigenvalue weighted by Gasteiger charge is 2.10. The third-order valence-corrected chi connectivity index (χ3v) is 3.09. The average Bonchev–Trinajstić information content (AvgIpc) is 2.88. The molecular weight excluding hydrogens is 281 g/mol. The molecule has 0 bridgehead atoms. The first-order chi connectivity index (χ1) is 9.47. The Morgan fingerprint density at radius 2 is 2.10 bits per heavy atom. The summed E-state index contributed by atoms with van der Waals surface area (Å²) in [5.74, 6) is -0.555. The van der Waals surface area contributed by atoms with Crippen molar-refractivity contribution in [3.05, 3.63) is 52.6 Å². The smallest absolute Gasteiger partial charge is 0.269 e. The number of hydrogen-bond acceptors (Lipinski definition) is 2. The van der Waals surface area contributed by atoms with E-state index in [9.17, 15) is 9.18 Å². The van der Waals surface area contributed by atoms with Crippen LogP contribution in [0.1, 0.15) is 16.2 Å². The molecule has 0 aliphatic rings. The van der Waals surface area contributed by atoms with E-state index in [0.717, 1.165) is 5.69 Å². The first-order valence-corrected chi connectivity index (χ1v) is 6.43. The molecule has 2 rings (SSSR count). The fraction of sp³-hybridized carbons (Fsp3) is 0.214. The fourth-order valence-corrected chi connectivity index (χ4v) is 1.83. The zero-order valence-electron chi connectivity index (χ0n) is 11.2. The van der Waals surface area contributed by atoms with E-state index in [2.05, 4.69) is 10.3 Å². The standard InChI is InChI=1S/C14H15ClFN3O/c1-19(2)14(20)13-6-4-10(18-13)8-17-9-3-5-11(15)12(16)7-9/h3-7,17-18H,8H2,1-2H3. The molecule has 0 saturated carbocycles. The topological polar surface area (TPSA) is 48.1 Å². The highest BCUT2D eigenvalue weighted by Crippen LogP contribution is 2.19. The van der Waals surface area contributed by atoms with Crippen molar-refractivity contribution in [2.24, 2.45) is 0 Å². The lowest BCUT2D eigenvalue weighted by Gasteiger charge is -2.08. The van der Waals surface area contributed by atoms with Crippen molar-refractivity contribution in [1.82, 2.24) is 9.88 Å². The quantitative estimate of drug-likeness (QED) is 0.910. The first-order valence-electron chi connectivity index (χ1n) is 6.06. The van der Waals surface area contributed by atoms with Crippen LogP contribution in [-0.4, -0.2) is 29.9 Å². The molecule has 20 heavy (non-hydrogen) atoms. The molecule has 1 aromatic carbocycles. The molecule has 0 aliphatic heterocycles. The van der Waals surface area contributed by atoms with Gasteiger partial charge in [0.15, 0.2) is 0 Å². The lowest BCUT2D eigenvalue weighted by Crippen LogP contribution is -2.22. The maximum absolute atomic E-state index is 13.3. The maximum Gasteiger partial charge on any atom is 0.269 e. The number of nitrogens with zero attached hydrogens (tertiary/aromatic N) is 1. The molecule has 4 nitrogen and oxygen atoms in total. The zero-order valence-corrected chi connectivity index (χ0v) is 12.0. The zero-order chi connectivity index (χ0) is 14.7. The summed E-state index contributed by atoms with van der Waals surface area (Å²) < 4.78 is 13.3. The molecule has 0 aliphatic carbocycles. The van der Waals surface area contributed by atoms with Crippen LogP contribution in [0.2, 0.25) is 5.02 Å². The molecule has 6 heteroatoms. The van der Waals surface area contributed by atoms with E-state index in [0.29, 0.717) is 17.9 Å². The van der Waals surface area contributed by atoms with Crippen LogP contribution in [0.3, 0.4) is 0 Å². The summed E-state index contributed by atoms with van der Waals surface area (Å²) in [7, 11) is 3.38. The van der Waals surface area contributed by atoms with Gasteiger partial charge in [-0.25, -0.2) is 4.39 Å². The van der Waals surface area contributed by atoms with Crippen LogP contribution < -0.4 is 5.32 Å². The lowest BCUT2D eigenvalue weighted by atomic mass is 10.3. The molecule has 0 fully saturated rings. The molecule has 1 aromatic heterocycles. The van der Waals surface area contributed by atoms with Gasteiger partial charge in [-0.1, -0.05) is 11.6 Å². The first kappa shape index (κ1) is 14.4. The summed E-state index contributed by atoms with van der Waals surface area (Å²) in [5, 5.41) is 3.15. The molecule has 1 heterocycles. The van der Waals surface area contributed by atoms with Gasteiger partial charge in [-0.05, 0) is 30.3 Å². The molecule has 0 saturated heterocycles. The monoisotopic (exact) mass is 295 g/mol. The van der Waals surface area contributed by atoms with Crippen molar-refractivity contribution < 1.29 is 9.18 Å². The van der Waals surface area contributed by atoms with Gasteiger partial charge < -0.3 is 15.2 Å². The average molecular weight is 296 g/mol. The Kier molecular flexibility index (Phi) is 4.29. The normalized spacial score (nSPS) is 10.4. The van der Waals surface area contributed by atoms with Crippen LogP contribution in [0.15, 0.2) is 30.3 Å². The highest BCUT2D eigenvalue weighted by atomic mass is 35.5. The molecule has 0 unspecified atom stereocenters. The Bertz CT molecular complexity index is 625. The largest absolute Gasteiger partial charge is 0.379 e. The van der Waals surface area contributed by atoms with Gasteiger partial charge in [0.1, 0.15) is 11.5 Å². The van der Waals surface area contributed by atoms with Crippen LogP contribution in [0, 0.1) is 5.82 Å². The third kappa shape index (κ3) is 3.30. The van der Waals surface area contributed by atoms with Crippen LogP contribution in [0.5, 0.6) is 0 Å². The van der Waals surface area contributed by atoms with E-state index < -0.39 is 5.82 Å². The third-order valence-electron chi connectivity index (χ3n) is 2.79. The summed E-state index contributed by atoms with van der Waals surface area (Å²) in [6.07, 6.45) is 0. The van der Waals surface area contributed by atoms with Crippen LogP contribution in [0.25, 0.3) is 0 Å². The number of aromatic nitrogens is 1. The Balaban J connectivity index is 2.01. The second kappa shape index (κ2) is 5.96. The van der Waals surface area contributed by atoms with Crippen molar-refractivity contribution in [3.63, 3.8) is 0 Å². The van der Waals surface area contributed by atoms with Gasteiger partial charge in [0.05, 0.1) is 11.6 Å². The van der Waals surface area contributed by atoms with Crippen molar-refractivity contribution in [2.45, 2.75) is 6.54 Å². The number of carbonyl (C=O) groups excluding carboxylic acids is 1. The molecule has 106 valence electrons. The van der Waals surface area contributed by atoms with E-state index in [4.69, 9.17) is 11.6 Å². The van der Waals surface area contributed by atoms with Crippen molar-refractivity contribution >= 4 is 23.2 Å². The van der Waals surface area contributed by atoms with Gasteiger partial charge >= 0.3 is 0 Å². The van der Waals surface area contributed by atoms with Crippen molar-refractivity contribution in [2.75, 3.05) is 19.4 Å². The van der Waals surface area contributed by atoms with Gasteiger partial charge in [0.2, 0.25) is 0 Å². The second-order valence-electron chi connectivity index (χ2n) is 4.58. The van der Waals surface area contributed by atoms with Gasteiger partial charge in [-0.3, -0.25) is 4.79 Å². The molecule has 0 spiro atoms. The Morgan fingerprint density at radius 3 is 2.75 bits per heavy atom. The Morgan fingerprint density at radius 1 is 1.35 bits per heavy atom. The molecule has 2 aromatic rings. The number of nitrogens with one attached hydrogen (secondary N) is 2. The van der Waals surface area contributed by atoms with E-state index in [1.54, 1.807) is 26.2 Å². The summed E-state index contributed by atoms with van der Waals surface area (Å²) in [6.45, 7) is 0.460. The molecule has 1 amide bonds. The van der Waals surface area contributed by atoms with Gasteiger partial charge in [-0.2, -0.15) is 0 Å². The van der Waals surface area contributed by atoms with E-state index in [-0.39, 0.29) is 10.9 Å². The minimum Gasteiger partial charge on any atom is -0.379 e.